The van der Waals surface area contributed by atoms with Crippen LogP contribution in [0.1, 0.15) is 146 Å². The van der Waals surface area contributed by atoms with Gasteiger partial charge in [-0.3, -0.25) is 0 Å². The molecule has 3 heteroatoms. The fraction of sp³-hybridized carbons (Fsp3) is 0.966. The van der Waals surface area contributed by atoms with Crippen molar-refractivity contribution in [1.82, 2.24) is 0 Å². The zero-order valence-electron chi connectivity index (χ0n) is 23.5. The van der Waals surface area contributed by atoms with Crippen molar-refractivity contribution >= 4 is 6.16 Å². The zero-order valence-corrected chi connectivity index (χ0v) is 23.5. The molecule has 0 aliphatic carbocycles. The summed E-state index contributed by atoms with van der Waals surface area (Å²) in [5.74, 6) is 1.93. The Balaban J connectivity index is 5.46. The standard InChI is InChI=1S/C29H58O3/c1-11-15-17-25(7)28(9,21-19-23(5)13-3)31-27(30)32-29(10,22-20-24(6)14-4)26(8)18-16-12-2/h23-26H,11-22H2,1-10H3. The fourth-order valence-corrected chi connectivity index (χ4v) is 4.30. The minimum absolute atomic E-state index is 0.322. The SMILES string of the molecule is CCCCC(C)C(C)(CCC(C)CC)OC(=O)OC(C)(CCC(C)CC)C(C)CCCC. The second-order valence-electron chi connectivity index (χ2n) is 11.3. The highest BCUT2D eigenvalue weighted by Gasteiger charge is 2.40. The largest absolute Gasteiger partial charge is 0.509 e. The Bertz CT molecular complexity index is 449. The van der Waals surface area contributed by atoms with Crippen molar-refractivity contribution in [2.24, 2.45) is 23.7 Å². The Kier molecular flexibility index (Phi) is 15.6. The van der Waals surface area contributed by atoms with Crippen molar-refractivity contribution in [3.63, 3.8) is 0 Å². The van der Waals surface area contributed by atoms with E-state index in [0.29, 0.717) is 23.7 Å². The van der Waals surface area contributed by atoms with E-state index in [0.717, 1.165) is 51.4 Å². The summed E-state index contributed by atoms with van der Waals surface area (Å²) in [6.07, 6.45) is 12.6. The molecule has 0 fully saturated rings. The molecule has 0 bridgehead atoms. The first-order valence-electron chi connectivity index (χ1n) is 13.9. The summed E-state index contributed by atoms with van der Waals surface area (Å²) in [7, 11) is 0. The maximum absolute atomic E-state index is 13.2. The first-order valence-corrected chi connectivity index (χ1v) is 13.9. The second-order valence-corrected chi connectivity index (χ2v) is 11.3. The Morgan fingerprint density at radius 1 is 0.656 bits per heavy atom. The maximum Gasteiger partial charge on any atom is 0.509 e. The van der Waals surface area contributed by atoms with Gasteiger partial charge in [0.15, 0.2) is 0 Å². The van der Waals surface area contributed by atoms with E-state index in [-0.39, 0.29) is 0 Å². The summed E-state index contributed by atoms with van der Waals surface area (Å²) in [6.45, 7) is 22.2. The molecular weight excluding hydrogens is 396 g/mol. The van der Waals surface area contributed by atoms with Gasteiger partial charge in [-0.15, -0.1) is 0 Å². The van der Waals surface area contributed by atoms with E-state index in [1.54, 1.807) is 0 Å². The summed E-state index contributed by atoms with van der Waals surface area (Å²) in [5, 5.41) is 0. The molecule has 0 aromatic heterocycles. The van der Waals surface area contributed by atoms with Gasteiger partial charge in [0.2, 0.25) is 0 Å². The predicted octanol–water partition coefficient (Wildman–Crippen LogP) is 9.96. The number of ether oxygens (including phenoxy) is 2. The molecule has 0 rings (SSSR count). The molecule has 0 aliphatic heterocycles. The molecule has 0 saturated heterocycles. The van der Waals surface area contributed by atoms with Crippen LogP contribution < -0.4 is 0 Å². The van der Waals surface area contributed by atoms with E-state index in [4.69, 9.17) is 9.47 Å². The van der Waals surface area contributed by atoms with Crippen LogP contribution in [0.4, 0.5) is 4.79 Å². The van der Waals surface area contributed by atoms with Crippen LogP contribution >= 0.6 is 0 Å². The molecule has 6 atom stereocenters. The first-order chi connectivity index (χ1) is 15.0. The van der Waals surface area contributed by atoms with Gasteiger partial charge in [-0.25, -0.2) is 4.79 Å². The monoisotopic (exact) mass is 454 g/mol. The number of carbonyl (C=O) groups excluding carboxylic acids is 1. The fourth-order valence-electron chi connectivity index (χ4n) is 4.30. The molecule has 32 heavy (non-hydrogen) atoms. The van der Waals surface area contributed by atoms with E-state index in [1.165, 1.54) is 25.7 Å². The van der Waals surface area contributed by atoms with Gasteiger partial charge >= 0.3 is 6.16 Å². The summed E-state index contributed by atoms with van der Waals surface area (Å²) < 4.78 is 12.4. The lowest BCUT2D eigenvalue weighted by Crippen LogP contribution is -2.44. The first kappa shape index (κ1) is 31.3. The second kappa shape index (κ2) is 16.0. The summed E-state index contributed by atoms with van der Waals surface area (Å²) >= 11 is 0. The zero-order chi connectivity index (χ0) is 24.8. The van der Waals surface area contributed by atoms with E-state index < -0.39 is 17.4 Å². The Hall–Kier alpha value is -0.730. The van der Waals surface area contributed by atoms with Gasteiger partial charge in [-0.2, -0.15) is 0 Å². The van der Waals surface area contributed by atoms with Gasteiger partial charge in [0, 0.05) is 0 Å². The van der Waals surface area contributed by atoms with Crippen molar-refractivity contribution in [2.75, 3.05) is 0 Å². The number of unbranched alkanes of at least 4 members (excludes halogenated alkanes) is 2. The van der Waals surface area contributed by atoms with Gasteiger partial charge in [-0.05, 0) is 76.0 Å². The van der Waals surface area contributed by atoms with Crippen LogP contribution in [-0.2, 0) is 9.47 Å². The molecule has 6 unspecified atom stereocenters. The van der Waals surface area contributed by atoms with Crippen LogP contribution in [0, 0.1) is 23.7 Å². The molecule has 3 nitrogen and oxygen atoms in total. The van der Waals surface area contributed by atoms with Crippen LogP contribution in [-0.4, -0.2) is 17.4 Å². The van der Waals surface area contributed by atoms with Crippen LogP contribution in [0.3, 0.4) is 0 Å². The average molecular weight is 455 g/mol. The van der Waals surface area contributed by atoms with Gasteiger partial charge in [0.25, 0.3) is 0 Å². The Morgan fingerprint density at radius 2 is 1.00 bits per heavy atom. The molecule has 0 radical (unpaired) electrons. The molecule has 0 heterocycles. The van der Waals surface area contributed by atoms with E-state index >= 15 is 0 Å². The predicted molar refractivity (Wildman–Crippen MR) is 139 cm³/mol. The molecule has 0 aliphatic rings. The normalized spacial score (nSPS) is 19.3. The van der Waals surface area contributed by atoms with Crippen molar-refractivity contribution < 1.29 is 14.3 Å². The molecule has 0 spiro atoms. The molecule has 0 amide bonds. The van der Waals surface area contributed by atoms with Gasteiger partial charge in [-0.1, -0.05) is 93.9 Å². The summed E-state index contributed by atoms with van der Waals surface area (Å²) in [5.41, 5.74) is -0.945. The van der Waals surface area contributed by atoms with Gasteiger partial charge in [0.1, 0.15) is 11.2 Å². The van der Waals surface area contributed by atoms with Crippen LogP contribution in [0.25, 0.3) is 0 Å². The molecule has 192 valence electrons. The van der Waals surface area contributed by atoms with Crippen LogP contribution in [0.15, 0.2) is 0 Å². The quantitative estimate of drug-likeness (QED) is 0.193. The molecule has 0 aromatic rings. The van der Waals surface area contributed by atoms with E-state index in [9.17, 15) is 4.79 Å². The third-order valence-corrected chi connectivity index (χ3v) is 8.36. The van der Waals surface area contributed by atoms with E-state index in [2.05, 4.69) is 69.2 Å². The van der Waals surface area contributed by atoms with Crippen LogP contribution in [0.5, 0.6) is 0 Å². The number of rotatable bonds is 18. The van der Waals surface area contributed by atoms with Crippen molar-refractivity contribution in [1.29, 1.82) is 0 Å². The Morgan fingerprint density at radius 3 is 1.28 bits per heavy atom. The third kappa shape index (κ3) is 11.4. The molecule has 0 saturated carbocycles. The topological polar surface area (TPSA) is 35.5 Å². The minimum Gasteiger partial charge on any atom is -0.428 e. The van der Waals surface area contributed by atoms with Crippen molar-refractivity contribution in [2.45, 2.75) is 157 Å². The summed E-state index contributed by atoms with van der Waals surface area (Å²) in [6, 6.07) is 0. The lowest BCUT2D eigenvalue weighted by molar-refractivity contribution is -0.111. The number of hydrogen-bond donors (Lipinski definition) is 0. The number of carbonyl (C=O) groups is 1. The van der Waals surface area contributed by atoms with Gasteiger partial charge < -0.3 is 9.47 Å². The average Bonchev–Trinajstić information content (AvgIpc) is 2.77. The molecular formula is C29H58O3. The Labute approximate surface area is 201 Å². The summed E-state index contributed by atoms with van der Waals surface area (Å²) in [4.78, 5) is 13.2. The third-order valence-electron chi connectivity index (χ3n) is 8.36. The lowest BCUT2D eigenvalue weighted by atomic mass is 9.80. The van der Waals surface area contributed by atoms with Crippen LogP contribution in [0.2, 0.25) is 0 Å². The smallest absolute Gasteiger partial charge is 0.428 e. The highest BCUT2D eigenvalue weighted by Crippen LogP contribution is 2.37. The molecule has 0 aromatic carbocycles. The van der Waals surface area contributed by atoms with Crippen molar-refractivity contribution in [3.8, 4) is 0 Å². The number of hydrogen-bond acceptors (Lipinski definition) is 3. The van der Waals surface area contributed by atoms with E-state index in [1.807, 2.05) is 0 Å². The highest BCUT2D eigenvalue weighted by atomic mass is 16.7. The lowest BCUT2D eigenvalue weighted by Gasteiger charge is -2.40. The minimum atomic E-state index is -0.472. The highest BCUT2D eigenvalue weighted by molar-refractivity contribution is 5.61. The van der Waals surface area contributed by atoms with Crippen molar-refractivity contribution in [3.05, 3.63) is 0 Å². The maximum atomic E-state index is 13.2. The molecule has 0 N–H and O–H groups in total. The van der Waals surface area contributed by atoms with Gasteiger partial charge in [0.05, 0.1) is 0 Å².